The molecule has 1 aromatic carbocycles. The van der Waals surface area contributed by atoms with Crippen LogP contribution in [-0.4, -0.2) is 33.2 Å². The van der Waals surface area contributed by atoms with Crippen molar-refractivity contribution in [3.05, 3.63) is 35.9 Å². The summed E-state index contributed by atoms with van der Waals surface area (Å²) < 4.78 is 0. The van der Waals surface area contributed by atoms with Gasteiger partial charge < -0.3 is 9.80 Å². The van der Waals surface area contributed by atoms with Crippen molar-refractivity contribution in [3.8, 4) is 0 Å². The fraction of sp³-hybridized carbons (Fsp3) is 0.556. The second kappa shape index (κ2) is 7.49. The number of piperidine rings is 1. The zero-order valence-corrected chi connectivity index (χ0v) is 13.2. The number of rotatable bonds is 5. The monoisotopic (exact) mass is 273 g/mol. The van der Waals surface area contributed by atoms with Crippen LogP contribution in [-0.2, 0) is 0 Å². The van der Waals surface area contributed by atoms with Crippen molar-refractivity contribution in [2.24, 2.45) is 0 Å². The molecule has 0 saturated carbocycles. The zero-order chi connectivity index (χ0) is 14.4. The van der Waals surface area contributed by atoms with Gasteiger partial charge in [0.15, 0.2) is 0 Å². The largest absolute Gasteiger partial charge is 0.378 e. The number of hydrogen-bond acceptors (Lipinski definition) is 1. The molecule has 110 valence electrons. The van der Waals surface area contributed by atoms with E-state index in [0.717, 1.165) is 6.04 Å². The van der Waals surface area contributed by atoms with E-state index in [0.29, 0.717) is 0 Å². The molecule has 0 radical (unpaired) electrons. The third-order valence-corrected chi connectivity index (χ3v) is 4.47. The highest BCUT2D eigenvalue weighted by molar-refractivity contribution is 5.55. The maximum absolute atomic E-state index is 2.36. The van der Waals surface area contributed by atoms with Crippen LogP contribution < -0.4 is 9.80 Å². The number of anilines is 1. The predicted octanol–water partition coefficient (Wildman–Crippen LogP) is 2.61. The van der Waals surface area contributed by atoms with E-state index in [4.69, 9.17) is 0 Å². The first-order valence-electron chi connectivity index (χ1n) is 7.99. The molecule has 1 aliphatic rings. The molecule has 0 bridgehead atoms. The number of likely N-dealkylation sites (tertiary alicyclic amines) is 1. The van der Waals surface area contributed by atoms with Gasteiger partial charge in [-0.2, -0.15) is 0 Å². The quantitative estimate of drug-likeness (QED) is 0.866. The molecule has 2 heteroatoms. The van der Waals surface area contributed by atoms with Gasteiger partial charge in [-0.3, -0.25) is 0 Å². The Hall–Kier alpha value is -1.28. The summed E-state index contributed by atoms with van der Waals surface area (Å²) in [5.41, 5.74) is 2.56. The third kappa shape index (κ3) is 4.11. The molecule has 0 amide bonds. The molecule has 1 aromatic rings. The van der Waals surface area contributed by atoms with Crippen LogP contribution in [0, 0.1) is 0 Å². The first-order valence-corrected chi connectivity index (χ1v) is 7.99. The smallest absolute Gasteiger partial charge is 0.0963 e. The molecule has 1 unspecified atom stereocenters. The molecular weight excluding hydrogens is 244 g/mol. The van der Waals surface area contributed by atoms with Crippen LogP contribution in [0.4, 0.5) is 5.69 Å². The van der Waals surface area contributed by atoms with Crippen LogP contribution in [0.1, 0.15) is 38.2 Å². The van der Waals surface area contributed by atoms with Crippen LogP contribution in [0.2, 0.25) is 0 Å². The second-order valence-corrected chi connectivity index (χ2v) is 6.10. The number of hydrogen-bond donors (Lipinski definition) is 1. The lowest BCUT2D eigenvalue weighted by Crippen LogP contribution is -3.16. The van der Waals surface area contributed by atoms with Crippen LogP contribution in [0.25, 0.3) is 6.08 Å². The average Bonchev–Trinajstić information content (AvgIpc) is 2.48. The zero-order valence-electron chi connectivity index (χ0n) is 13.2. The molecule has 2 nitrogen and oxygen atoms in total. The van der Waals surface area contributed by atoms with E-state index >= 15 is 0 Å². The van der Waals surface area contributed by atoms with Gasteiger partial charge in [0.1, 0.15) is 0 Å². The number of quaternary nitrogens is 1. The van der Waals surface area contributed by atoms with E-state index in [-0.39, 0.29) is 0 Å². The van der Waals surface area contributed by atoms with Crippen molar-refractivity contribution in [2.75, 3.05) is 32.1 Å². The summed E-state index contributed by atoms with van der Waals surface area (Å²) >= 11 is 0. The van der Waals surface area contributed by atoms with Crippen LogP contribution >= 0.6 is 0 Å². The van der Waals surface area contributed by atoms with Gasteiger partial charge in [-0.1, -0.05) is 25.1 Å². The van der Waals surface area contributed by atoms with Gasteiger partial charge in [0, 0.05) is 19.8 Å². The maximum atomic E-state index is 2.36. The molecule has 0 aliphatic carbocycles. The van der Waals surface area contributed by atoms with E-state index < -0.39 is 0 Å². The minimum Gasteiger partial charge on any atom is -0.378 e. The average molecular weight is 273 g/mol. The molecule has 1 N–H and O–H groups in total. The summed E-state index contributed by atoms with van der Waals surface area (Å²) in [6, 6.07) is 9.65. The van der Waals surface area contributed by atoms with Crippen molar-refractivity contribution < 1.29 is 4.90 Å². The Labute approximate surface area is 124 Å². The summed E-state index contributed by atoms with van der Waals surface area (Å²) in [6.45, 7) is 4.86. The first-order chi connectivity index (χ1) is 9.70. The van der Waals surface area contributed by atoms with Gasteiger partial charge in [0.05, 0.1) is 19.1 Å². The highest BCUT2D eigenvalue weighted by Crippen LogP contribution is 2.13. The van der Waals surface area contributed by atoms with Gasteiger partial charge in [-0.15, -0.1) is 0 Å². The third-order valence-electron chi connectivity index (χ3n) is 4.47. The van der Waals surface area contributed by atoms with Gasteiger partial charge in [0.2, 0.25) is 0 Å². The standard InChI is InChI=1S/C18H28N2/c1-4-17-9-5-6-14-20(17)15-7-8-16-10-12-18(13-11-16)19(2)3/h7-8,10-13,17H,4-6,9,14-15H2,1-3H3/p+1/b8-7+/t17-/m1/s1. The molecule has 1 saturated heterocycles. The molecular formula is C18H29N2+. The highest BCUT2D eigenvalue weighted by Gasteiger charge is 2.22. The van der Waals surface area contributed by atoms with E-state index in [1.165, 1.54) is 50.0 Å². The fourth-order valence-corrected chi connectivity index (χ4v) is 3.14. The van der Waals surface area contributed by atoms with Gasteiger partial charge in [0.25, 0.3) is 0 Å². The minimum atomic E-state index is 0.879. The van der Waals surface area contributed by atoms with Gasteiger partial charge in [-0.25, -0.2) is 0 Å². The lowest BCUT2D eigenvalue weighted by molar-refractivity contribution is -0.925. The number of nitrogens with one attached hydrogen (secondary N) is 1. The lowest BCUT2D eigenvalue weighted by Gasteiger charge is -2.31. The van der Waals surface area contributed by atoms with Crippen molar-refractivity contribution in [3.63, 3.8) is 0 Å². The SMILES string of the molecule is CC[C@@H]1CCCC[NH+]1C/C=C/c1ccc(N(C)C)cc1. The van der Waals surface area contributed by atoms with Crippen molar-refractivity contribution >= 4 is 11.8 Å². The van der Waals surface area contributed by atoms with E-state index in [1.807, 2.05) is 0 Å². The Bertz CT molecular complexity index is 420. The van der Waals surface area contributed by atoms with Crippen molar-refractivity contribution in [1.82, 2.24) is 0 Å². The fourth-order valence-electron chi connectivity index (χ4n) is 3.14. The van der Waals surface area contributed by atoms with Gasteiger partial charge >= 0.3 is 0 Å². The van der Waals surface area contributed by atoms with E-state index in [9.17, 15) is 0 Å². The molecule has 1 fully saturated rings. The Kier molecular flexibility index (Phi) is 5.66. The maximum Gasteiger partial charge on any atom is 0.0963 e. The Balaban J connectivity index is 1.89. The predicted molar refractivity (Wildman–Crippen MR) is 88.4 cm³/mol. The Morgan fingerprint density at radius 2 is 1.95 bits per heavy atom. The molecule has 0 spiro atoms. The molecule has 2 atom stereocenters. The van der Waals surface area contributed by atoms with E-state index in [1.54, 1.807) is 4.90 Å². The van der Waals surface area contributed by atoms with Crippen LogP contribution in [0.5, 0.6) is 0 Å². The highest BCUT2D eigenvalue weighted by atomic mass is 15.2. The second-order valence-electron chi connectivity index (χ2n) is 6.10. The summed E-state index contributed by atoms with van der Waals surface area (Å²) in [7, 11) is 4.16. The number of benzene rings is 1. The molecule has 2 rings (SSSR count). The Morgan fingerprint density at radius 3 is 2.60 bits per heavy atom. The van der Waals surface area contributed by atoms with Crippen LogP contribution in [0.3, 0.4) is 0 Å². The van der Waals surface area contributed by atoms with Gasteiger partial charge in [-0.05, 0) is 49.5 Å². The van der Waals surface area contributed by atoms with E-state index in [2.05, 4.69) is 62.3 Å². The molecule has 1 heterocycles. The van der Waals surface area contributed by atoms with Crippen molar-refractivity contribution in [2.45, 2.75) is 38.6 Å². The molecule has 0 aromatic heterocycles. The summed E-state index contributed by atoms with van der Waals surface area (Å²) in [5.74, 6) is 0. The molecule has 1 aliphatic heterocycles. The first kappa shape index (κ1) is 15.1. The van der Waals surface area contributed by atoms with Crippen molar-refractivity contribution in [1.29, 1.82) is 0 Å². The minimum absolute atomic E-state index is 0.879. The Morgan fingerprint density at radius 1 is 1.20 bits per heavy atom. The topological polar surface area (TPSA) is 7.68 Å². The van der Waals surface area contributed by atoms with Crippen LogP contribution in [0.15, 0.2) is 30.3 Å². The summed E-state index contributed by atoms with van der Waals surface area (Å²) in [6.07, 6.45) is 10.2. The number of nitrogens with zero attached hydrogens (tertiary/aromatic N) is 1. The summed E-state index contributed by atoms with van der Waals surface area (Å²) in [4.78, 5) is 3.91. The normalized spacial score (nSPS) is 23.1. The lowest BCUT2D eigenvalue weighted by atomic mass is 10.00. The summed E-state index contributed by atoms with van der Waals surface area (Å²) in [5, 5.41) is 0. The molecule has 20 heavy (non-hydrogen) atoms.